The molecular weight excluding hydrogens is 354 g/mol. The number of hydrogen-bond acceptors (Lipinski definition) is 5. The van der Waals surface area contributed by atoms with E-state index >= 15 is 0 Å². The molecular formula is C19H21NO5S. The number of ether oxygens (including phenoxy) is 1. The van der Waals surface area contributed by atoms with E-state index in [4.69, 9.17) is 4.74 Å². The molecule has 0 spiro atoms. The summed E-state index contributed by atoms with van der Waals surface area (Å²) >= 11 is 0. The Morgan fingerprint density at radius 2 is 1.50 bits per heavy atom. The molecule has 0 aliphatic rings. The Hall–Kier alpha value is -2.51. The zero-order valence-electron chi connectivity index (χ0n) is 14.6. The highest BCUT2D eigenvalue weighted by molar-refractivity contribution is 7.89. The van der Waals surface area contributed by atoms with Gasteiger partial charge in [0.2, 0.25) is 10.0 Å². The smallest absolute Gasteiger partial charge is 0.324 e. The summed E-state index contributed by atoms with van der Waals surface area (Å²) in [5.74, 6) is -1.50. The van der Waals surface area contributed by atoms with Crippen LogP contribution < -0.4 is 4.72 Å². The van der Waals surface area contributed by atoms with E-state index < -0.39 is 28.6 Å². The number of Topliss-reactive ketones (excluding diaryl/α,β-unsaturated/α-hetero) is 1. The van der Waals surface area contributed by atoms with Gasteiger partial charge >= 0.3 is 5.97 Å². The topological polar surface area (TPSA) is 89.5 Å². The first kappa shape index (κ1) is 19.8. The predicted molar refractivity (Wildman–Crippen MR) is 97.1 cm³/mol. The maximum atomic E-state index is 12.4. The SMILES string of the molecule is CC(C)C(NS(=O)(=O)c1ccccc1)C(=O)OCC(=O)c1ccccc1. The molecule has 2 aromatic carbocycles. The third kappa shape index (κ3) is 5.24. The van der Waals surface area contributed by atoms with Crippen molar-refractivity contribution in [2.24, 2.45) is 5.92 Å². The normalized spacial score (nSPS) is 12.6. The third-order valence-corrected chi connectivity index (χ3v) is 5.15. The molecule has 0 fully saturated rings. The van der Waals surface area contributed by atoms with Gasteiger partial charge in [-0.05, 0) is 18.1 Å². The zero-order chi connectivity index (χ0) is 19.2. The highest BCUT2D eigenvalue weighted by atomic mass is 32.2. The second-order valence-corrected chi connectivity index (χ2v) is 7.77. The Labute approximate surface area is 153 Å². The lowest BCUT2D eigenvalue weighted by atomic mass is 10.1. The van der Waals surface area contributed by atoms with Gasteiger partial charge < -0.3 is 4.74 Å². The molecule has 0 saturated heterocycles. The van der Waals surface area contributed by atoms with E-state index in [1.54, 1.807) is 62.4 Å². The summed E-state index contributed by atoms with van der Waals surface area (Å²) < 4.78 is 32.3. The number of carbonyl (C=O) groups excluding carboxylic acids is 2. The van der Waals surface area contributed by atoms with E-state index in [-0.39, 0.29) is 16.6 Å². The monoisotopic (exact) mass is 375 g/mol. The van der Waals surface area contributed by atoms with Gasteiger partial charge in [-0.15, -0.1) is 0 Å². The van der Waals surface area contributed by atoms with E-state index in [9.17, 15) is 18.0 Å². The summed E-state index contributed by atoms with van der Waals surface area (Å²) in [4.78, 5) is 24.4. The molecule has 0 radical (unpaired) electrons. The standard InChI is InChI=1S/C19H21NO5S/c1-14(2)18(20-26(23,24)16-11-7-4-8-12-16)19(22)25-13-17(21)15-9-5-3-6-10-15/h3-12,14,18,20H,13H2,1-2H3. The number of carbonyl (C=O) groups is 2. The van der Waals surface area contributed by atoms with Crippen molar-refractivity contribution in [2.75, 3.05) is 6.61 Å². The van der Waals surface area contributed by atoms with E-state index in [1.807, 2.05) is 0 Å². The second-order valence-electron chi connectivity index (χ2n) is 6.05. The van der Waals surface area contributed by atoms with Crippen LogP contribution in [0.1, 0.15) is 24.2 Å². The van der Waals surface area contributed by atoms with E-state index in [0.29, 0.717) is 5.56 Å². The number of sulfonamides is 1. The average Bonchev–Trinajstić information content (AvgIpc) is 2.65. The Balaban J connectivity index is 2.05. The summed E-state index contributed by atoms with van der Waals surface area (Å²) in [6.45, 7) is 2.94. The van der Waals surface area contributed by atoms with Gasteiger partial charge in [0.1, 0.15) is 6.04 Å². The molecule has 0 aliphatic carbocycles. The molecule has 6 nitrogen and oxygen atoms in total. The molecule has 26 heavy (non-hydrogen) atoms. The van der Waals surface area contributed by atoms with Crippen molar-refractivity contribution in [1.82, 2.24) is 4.72 Å². The molecule has 138 valence electrons. The molecule has 0 bridgehead atoms. The van der Waals surface area contributed by atoms with Gasteiger partial charge in [0.15, 0.2) is 12.4 Å². The summed E-state index contributed by atoms with van der Waals surface area (Å²) in [5, 5.41) is 0. The average molecular weight is 375 g/mol. The Kier molecular flexibility index (Phi) is 6.65. The number of benzene rings is 2. The fourth-order valence-electron chi connectivity index (χ4n) is 2.23. The lowest BCUT2D eigenvalue weighted by Crippen LogP contribution is -2.45. The molecule has 0 heterocycles. The number of ketones is 1. The predicted octanol–water partition coefficient (Wildman–Crippen LogP) is 2.42. The molecule has 1 N–H and O–H groups in total. The maximum absolute atomic E-state index is 12.4. The number of esters is 1. The van der Waals surface area contributed by atoms with Crippen molar-refractivity contribution in [3.63, 3.8) is 0 Å². The van der Waals surface area contributed by atoms with E-state index in [1.165, 1.54) is 12.1 Å². The molecule has 1 unspecified atom stereocenters. The molecule has 0 aliphatic heterocycles. The summed E-state index contributed by atoms with van der Waals surface area (Å²) in [6, 6.07) is 15.1. The first-order valence-corrected chi connectivity index (χ1v) is 9.62. The highest BCUT2D eigenvalue weighted by Crippen LogP contribution is 2.12. The van der Waals surface area contributed by atoms with Crippen LogP contribution in [0.3, 0.4) is 0 Å². The van der Waals surface area contributed by atoms with Crippen LogP contribution in [0.5, 0.6) is 0 Å². The van der Waals surface area contributed by atoms with Crippen LogP contribution >= 0.6 is 0 Å². The van der Waals surface area contributed by atoms with Crippen LogP contribution in [0.4, 0.5) is 0 Å². The van der Waals surface area contributed by atoms with Gasteiger partial charge in [0, 0.05) is 5.56 Å². The molecule has 1 atom stereocenters. The summed E-state index contributed by atoms with van der Waals surface area (Å²) in [7, 11) is -3.88. The fraction of sp³-hybridized carbons (Fsp3) is 0.263. The van der Waals surface area contributed by atoms with Crippen molar-refractivity contribution in [2.45, 2.75) is 24.8 Å². The van der Waals surface area contributed by atoms with Crippen LogP contribution in [-0.2, 0) is 19.6 Å². The summed E-state index contributed by atoms with van der Waals surface area (Å²) in [5.41, 5.74) is 0.422. The Morgan fingerprint density at radius 1 is 0.962 bits per heavy atom. The van der Waals surface area contributed by atoms with Crippen molar-refractivity contribution < 1.29 is 22.7 Å². The Morgan fingerprint density at radius 3 is 2.04 bits per heavy atom. The van der Waals surface area contributed by atoms with Crippen molar-refractivity contribution in [3.05, 3.63) is 66.2 Å². The molecule has 0 amide bonds. The van der Waals surface area contributed by atoms with Crippen molar-refractivity contribution >= 4 is 21.8 Å². The number of nitrogens with one attached hydrogen (secondary N) is 1. The van der Waals surface area contributed by atoms with Gasteiger partial charge in [-0.25, -0.2) is 8.42 Å². The summed E-state index contributed by atoms with van der Waals surface area (Å²) in [6.07, 6.45) is 0. The minimum atomic E-state index is -3.88. The van der Waals surface area contributed by atoms with Crippen molar-refractivity contribution in [1.29, 1.82) is 0 Å². The van der Waals surface area contributed by atoms with Crippen molar-refractivity contribution in [3.8, 4) is 0 Å². The second kappa shape index (κ2) is 8.73. The van der Waals surface area contributed by atoms with Gasteiger partial charge in [-0.1, -0.05) is 62.4 Å². The third-order valence-electron chi connectivity index (χ3n) is 3.70. The number of rotatable bonds is 8. The van der Waals surface area contributed by atoms with E-state index in [2.05, 4.69) is 4.72 Å². The van der Waals surface area contributed by atoms with Crippen LogP contribution in [0, 0.1) is 5.92 Å². The first-order valence-electron chi connectivity index (χ1n) is 8.13. The van der Waals surface area contributed by atoms with Gasteiger partial charge in [-0.3, -0.25) is 9.59 Å². The highest BCUT2D eigenvalue weighted by Gasteiger charge is 2.30. The lowest BCUT2D eigenvalue weighted by Gasteiger charge is -2.20. The van der Waals surface area contributed by atoms with Crippen LogP contribution in [0.2, 0.25) is 0 Å². The largest absolute Gasteiger partial charge is 0.456 e. The molecule has 0 saturated carbocycles. The molecule has 0 aromatic heterocycles. The van der Waals surface area contributed by atoms with Gasteiger partial charge in [0.05, 0.1) is 4.90 Å². The van der Waals surface area contributed by atoms with Gasteiger partial charge in [-0.2, -0.15) is 4.72 Å². The molecule has 2 rings (SSSR count). The van der Waals surface area contributed by atoms with Crippen LogP contribution in [-0.4, -0.2) is 32.8 Å². The lowest BCUT2D eigenvalue weighted by molar-refractivity contribution is -0.145. The zero-order valence-corrected chi connectivity index (χ0v) is 15.4. The fourth-order valence-corrected chi connectivity index (χ4v) is 3.58. The van der Waals surface area contributed by atoms with E-state index in [0.717, 1.165) is 0 Å². The van der Waals surface area contributed by atoms with Gasteiger partial charge in [0.25, 0.3) is 0 Å². The minimum Gasteiger partial charge on any atom is -0.456 e. The maximum Gasteiger partial charge on any atom is 0.324 e. The molecule has 2 aromatic rings. The van der Waals surface area contributed by atoms with Crippen LogP contribution in [0.15, 0.2) is 65.6 Å². The minimum absolute atomic E-state index is 0.0545. The van der Waals surface area contributed by atoms with Crippen LogP contribution in [0.25, 0.3) is 0 Å². The molecule has 7 heteroatoms. The first-order chi connectivity index (χ1) is 12.3. The quantitative estimate of drug-likeness (QED) is 0.565. The number of hydrogen-bond donors (Lipinski definition) is 1. The Bertz CT molecular complexity index is 848.